The molecule has 4 rings (SSSR count). The maximum Gasteiger partial charge on any atom is 0.416 e. The molecule has 2 aromatic carbocycles. The van der Waals surface area contributed by atoms with Crippen LogP contribution in [-0.2, 0) is 15.7 Å². The highest BCUT2D eigenvalue weighted by molar-refractivity contribution is 5.91. The molecule has 3 aromatic rings. The number of fused-ring (bicyclic) bond motifs is 1. The van der Waals surface area contributed by atoms with Crippen LogP contribution in [0.2, 0.25) is 0 Å². The summed E-state index contributed by atoms with van der Waals surface area (Å²) in [7, 11) is 5.05. The van der Waals surface area contributed by atoms with Gasteiger partial charge in [-0.25, -0.2) is 9.97 Å². The van der Waals surface area contributed by atoms with Gasteiger partial charge in [0.15, 0.2) is 0 Å². The molecule has 1 fully saturated rings. The third-order valence-electron chi connectivity index (χ3n) is 7.84. The number of halogens is 3. The highest BCUT2D eigenvalue weighted by Crippen LogP contribution is 2.42. The molecule has 1 aliphatic rings. The summed E-state index contributed by atoms with van der Waals surface area (Å²) in [4.78, 5) is 23.8. The Hall–Kier alpha value is -3.60. The molecule has 0 bridgehead atoms. The van der Waals surface area contributed by atoms with Crippen LogP contribution in [0.1, 0.15) is 67.1 Å². The largest absolute Gasteiger partial charge is 0.496 e. The van der Waals surface area contributed by atoms with Crippen molar-refractivity contribution >= 4 is 28.3 Å². The highest BCUT2D eigenvalue weighted by Gasteiger charge is 2.32. The number of nitrogens with two attached hydrogens (primary N) is 1. The van der Waals surface area contributed by atoms with Crippen molar-refractivity contribution in [2.45, 2.75) is 57.7 Å². The molecule has 0 radical (unpaired) electrons. The van der Waals surface area contributed by atoms with Crippen LogP contribution in [0.5, 0.6) is 5.75 Å². The number of nitrogens with one attached hydrogen (secondary N) is 1. The van der Waals surface area contributed by atoms with Gasteiger partial charge in [0.1, 0.15) is 17.4 Å². The van der Waals surface area contributed by atoms with E-state index in [1.165, 1.54) is 6.07 Å². The van der Waals surface area contributed by atoms with Crippen LogP contribution in [0, 0.1) is 12.8 Å². The van der Waals surface area contributed by atoms with Gasteiger partial charge in [-0.05, 0) is 80.8 Å². The summed E-state index contributed by atoms with van der Waals surface area (Å²) in [5.74, 6) is 2.05. The van der Waals surface area contributed by atoms with E-state index >= 15 is 0 Å². The highest BCUT2D eigenvalue weighted by atomic mass is 19.4. The Bertz CT molecular complexity index is 1390. The lowest BCUT2D eigenvalue weighted by Gasteiger charge is -2.31. The maximum atomic E-state index is 13.4. The number of alkyl halides is 3. The average Bonchev–Trinajstić information content (AvgIpc) is 2.94. The lowest BCUT2D eigenvalue weighted by atomic mass is 9.77. The molecule has 0 unspecified atom stereocenters. The summed E-state index contributed by atoms with van der Waals surface area (Å²) in [6.45, 7) is 4.60. The number of benzene rings is 2. The molecule has 8 nitrogen and oxygen atoms in total. The van der Waals surface area contributed by atoms with Gasteiger partial charge in [0.05, 0.1) is 30.8 Å². The van der Waals surface area contributed by atoms with E-state index in [4.69, 9.17) is 15.2 Å². The number of ether oxygens (including phenoxy) is 2. The second kappa shape index (κ2) is 12.5. The standard InChI is InChI=1S/C30H38F3N5O3/c1-17(21-12-22(30(31,32)33)14-23(34)13-21)35-28-25-15-24(27(41-5)16-26(25)36-18(2)37-28)19-6-8-20(9-7-19)29(39)38(3)10-11-40-4/h12-17,19-20H,6-11,34H2,1-5H3,(H,35,36,37)/t17-,19?,20?/m1/s1. The van der Waals surface area contributed by atoms with Crippen LogP contribution in [0.15, 0.2) is 30.3 Å². The van der Waals surface area contributed by atoms with Gasteiger partial charge in [-0.2, -0.15) is 13.2 Å². The molecular formula is C30H38F3N5O3. The topological polar surface area (TPSA) is 103 Å². The summed E-state index contributed by atoms with van der Waals surface area (Å²) in [5, 5.41) is 4.04. The Morgan fingerprint density at radius 1 is 1.12 bits per heavy atom. The zero-order valence-electron chi connectivity index (χ0n) is 24.1. The average molecular weight is 574 g/mol. The smallest absolute Gasteiger partial charge is 0.416 e. The number of carbonyl (C=O) groups is 1. The minimum Gasteiger partial charge on any atom is -0.496 e. The number of likely N-dealkylation sites (N-methyl/N-ethyl adjacent to an activating group) is 1. The Morgan fingerprint density at radius 3 is 2.46 bits per heavy atom. The second-order valence-corrected chi connectivity index (χ2v) is 10.8. The van der Waals surface area contributed by atoms with E-state index in [9.17, 15) is 18.0 Å². The summed E-state index contributed by atoms with van der Waals surface area (Å²) in [6.07, 6.45) is -1.31. The third-order valence-corrected chi connectivity index (χ3v) is 7.84. The first-order chi connectivity index (χ1) is 19.4. The Morgan fingerprint density at radius 2 is 1.83 bits per heavy atom. The lowest BCUT2D eigenvalue weighted by Crippen LogP contribution is -2.36. The van der Waals surface area contributed by atoms with Gasteiger partial charge >= 0.3 is 6.18 Å². The summed E-state index contributed by atoms with van der Waals surface area (Å²) < 4.78 is 51.1. The number of amides is 1. The molecule has 11 heteroatoms. The van der Waals surface area contributed by atoms with Crippen LogP contribution >= 0.6 is 0 Å². The third kappa shape index (κ3) is 7.01. The van der Waals surface area contributed by atoms with Crippen LogP contribution in [0.3, 0.4) is 0 Å². The molecule has 222 valence electrons. The first-order valence-corrected chi connectivity index (χ1v) is 13.8. The lowest BCUT2D eigenvalue weighted by molar-refractivity contribution is -0.137. The van der Waals surface area contributed by atoms with Gasteiger partial charge in [0.25, 0.3) is 0 Å². The fourth-order valence-corrected chi connectivity index (χ4v) is 5.58. The number of aromatic nitrogens is 2. The van der Waals surface area contributed by atoms with Crippen molar-refractivity contribution in [2.24, 2.45) is 5.92 Å². The zero-order chi connectivity index (χ0) is 29.9. The van der Waals surface area contributed by atoms with E-state index in [-0.39, 0.29) is 23.4 Å². The molecule has 41 heavy (non-hydrogen) atoms. The maximum absolute atomic E-state index is 13.4. The predicted molar refractivity (Wildman–Crippen MR) is 153 cm³/mol. The molecule has 1 aliphatic carbocycles. The number of hydrogen-bond acceptors (Lipinski definition) is 7. The van der Waals surface area contributed by atoms with E-state index in [0.717, 1.165) is 48.8 Å². The molecule has 1 aromatic heterocycles. The van der Waals surface area contributed by atoms with Crippen molar-refractivity contribution < 1.29 is 27.4 Å². The van der Waals surface area contributed by atoms with Crippen molar-refractivity contribution in [3.05, 3.63) is 52.8 Å². The number of aryl methyl sites for hydroxylation is 1. The normalized spacial score (nSPS) is 18.2. The van der Waals surface area contributed by atoms with Crippen LogP contribution in [0.25, 0.3) is 10.9 Å². The van der Waals surface area contributed by atoms with E-state index in [1.807, 2.05) is 19.2 Å². The van der Waals surface area contributed by atoms with Crippen molar-refractivity contribution in [3.8, 4) is 5.75 Å². The quantitative estimate of drug-likeness (QED) is 0.298. The number of anilines is 2. The van der Waals surface area contributed by atoms with Crippen LogP contribution in [-0.4, -0.2) is 55.2 Å². The number of nitrogens with zero attached hydrogens (tertiary/aromatic N) is 3. The summed E-state index contributed by atoms with van der Waals surface area (Å²) >= 11 is 0. The van der Waals surface area contributed by atoms with Gasteiger partial charge in [0.2, 0.25) is 5.91 Å². The van der Waals surface area contributed by atoms with Gasteiger partial charge in [-0.1, -0.05) is 0 Å². The zero-order valence-corrected chi connectivity index (χ0v) is 24.1. The summed E-state index contributed by atoms with van der Waals surface area (Å²) in [5.41, 5.74) is 7.12. The Kier molecular flexibility index (Phi) is 9.26. The second-order valence-electron chi connectivity index (χ2n) is 10.8. The molecular weight excluding hydrogens is 535 g/mol. The van der Waals surface area contributed by atoms with E-state index in [1.54, 1.807) is 33.0 Å². The number of nitrogen functional groups attached to an aromatic ring is 1. The summed E-state index contributed by atoms with van der Waals surface area (Å²) in [6, 6.07) is 6.95. The molecule has 3 N–H and O–H groups in total. The molecule has 1 heterocycles. The fourth-order valence-electron chi connectivity index (χ4n) is 5.58. The van der Waals surface area contributed by atoms with E-state index in [2.05, 4.69) is 15.3 Å². The SMILES string of the molecule is COCCN(C)C(=O)C1CCC(c2cc3c(N[C@H](C)c4cc(N)cc(C(F)(F)F)c4)nc(C)nc3cc2OC)CC1. The van der Waals surface area contributed by atoms with Crippen molar-refractivity contribution in [1.29, 1.82) is 0 Å². The van der Waals surface area contributed by atoms with E-state index in [0.29, 0.717) is 41.6 Å². The van der Waals surface area contributed by atoms with E-state index < -0.39 is 17.8 Å². The molecule has 0 aliphatic heterocycles. The van der Waals surface area contributed by atoms with Crippen LogP contribution in [0.4, 0.5) is 24.7 Å². The monoisotopic (exact) mass is 573 g/mol. The Labute approximate surface area is 238 Å². The fraction of sp³-hybridized carbons (Fsp3) is 0.500. The number of methoxy groups -OCH3 is 2. The van der Waals surface area contributed by atoms with Crippen molar-refractivity contribution in [1.82, 2.24) is 14.9 Å². The molecule has 0 spiro atoms. The minimum atomic E-state index is -4.50. The van der Waals surface area contributed by atoms with Gasteiger partial charge in [0, 0.05) is 43.8 Å². The molecule has 0 saturated heterocycles. The van der Waals surface area contributed by atoms with Gasteiger partial charge in [-0.3, -0.25) is 4.79 Å². The van der Waals surface area contributed by atoms with Crippen molar-refractivity contribution in [3.63, 3.8) is 0 Å². The first kappa shape index (κ1) is 30.4. The predicted octanol–water partition coefficient (Wildman–Crippen LogP) is 6.10. The number of hydrogen-bond donors (Lipinski definition) is 2. The van der Waals surface area contributed by atoms with Gasteiger partial charge < -0.3 is 25.4 Å². The van der Waals surface area contributed by atoms with Gasteiger partial charge in [-0.15, -0.1) is 0 Å². The molecule has 1 amide bonds. The first-order valence-electron chi connectivity index (χ1n) is 13.8. The molecule has 1 saturated carbocycles. The number of rotatable bonds is 9. The van der Waals surface area contributed by atoms with Crippen molar-refractivity contribution in [2.75, 3.05) is 45.5 Å². The molecule has 1 atom stereocenters. The Balaban J connectivity index is 1.61. The van der Waals surface area contributed by atoms with Crippen LogP contribution < -0.4 is 15.8 Å². The minimum absolute atomic E-state index is 0.0245. The number of carbonyl (C=O) groups excluding carboxylic acids is 1.